The molecular formula is C16H31N3O4. The predicted octanol–water partition coefficient (Wildman–Crippen LogP) is 2.66. The normalized spacial score (nSPS) is 22.5. The van der Waals surface area contributed by atoms with Gasteiger partial charge < -0.3 is 14.4 Å². The molecule has 0 saturated carbocycles. The fourth-order valence-electron chi connectivity index (χ4n) is 2.31. The summed E-state index contributed by atoms with van der Waals surface area (Å²) in [7, 11) is 0. The SMILES string of the molecule is CC1CN(C(=O)OC(C)(C)C)CCC1NNC(=O)OC(C)(C)C. The van der Waals surface area contributed by atoms with Crippen molar-refractivity contribution >= 4 is 12.2 Å². The molecule has 0 aromatic carbocycles. The Labute approximate surface area is 139 Å². The van der Waals surface area contributed by atoms with Crippen molar-refractivity contribution in [1.82, 2.24) is 15.8 Å². The fraction of sp³-hybridized carbons (Fsp3) is 0.875. The van der Waals surface area contributed by atoms with Crippen LogP contribution < -0.4 is 10.9 Å². The molecule has 1 fully saturated rings. The molecule has 2 atom stereocenters. The summed E-state index contributed by atoms with van der Waals surface area (Å²) in [6.07, 6.45) is -0.0573. The quantitative estimate of drug-likeness (QED) is 0.761. The molecule has 1 aliphatic rings. The zero-order chi connectivity index (χ0) is 17.8. The Kier molecular flexibility index (Phi) is 6.27. The van der Waals surface area contributed by atoms with Gasteiger partial charge in [0.2, 0.25) is 0 Å². The van der Waals surface area contributed by atoms with Gasteiger partial charge in [0.15, 0.2) is 0 Å². The maximum absolute atomic E-state index is 12.1. The molecule has 2 unspecified atom stereocenters. The lowest BCUT2D eigenvalue weighted by atomic mass is 9.95. The van der Waals surface area contributed by atoms with Crippen molar-refractivity contribution in [2.75, 3.05) is 13.1 Å². The van der Waals surface area contributed by atoms with E-state index in [1.165, 1.54) is 0 Å². The first-order valence-electron chi connectivity index (χ1n) is 8.10. The Morgan fingerprint density at radius 2 is 1.61 bits per heavy atom. The first-order valence-corrected chi connectivity index (χ1v) is 8.10. The van der Waals surface area contributed by atoms with Crippen LogP contribution in [0.25, 0.3) is 0 Å². The number of amides is 2. The van der Waals surface area contributed by atoms with Gasteiger partial charge in [-0.1, -0.05) is 6.92 Å². The van der Waals surface area contributed by atoms with Crippen molar-refractivity contribution in [3.63, 3.8) is 0 Å². The highest BCUT2D eigenvalue weighted by molar-refractivity contribution is 5.68. The molecular weight excluding hydrogens is 298 g/mol. The molecule has 0 radical (unpaired) electrons. The van der Waals surface area contributed by atoms with Gasteiger partial charge in [-0.3, -0.25) is 5.43 Å². The van der Waals surface area contributed by atoms with Crippen molar-refractivity contribution in [2.24, 2.45) is 5.92 Å². The van der Waals surface area contributed by atoms with Crippen LogP contribution in [0.1, 0.15) is 54.9 Å². The van der Waals surface area contributed by atoms with Crippen LogP contribution in [0.2, 0.25) is 0 Å². The van der Waals surface area contributed by atoms with Crippen LogP contribution in [0.3, 0.4) is 0 Å². The Bertz CT molecular complexity index is 426. The highest BCUT2D eigenvalue weighted by Gasteiger charge is 2.31. The van der Waals surface area contributed by atoms with E-state index < -0.39 is 17.3 Å². The van der Waals surface area contributed by atoms with E-state index in [1.54, 1.807) is 4.90 Å². The molecule has 1 aliphatic heterocycles. The third kappa shape index (κ3) is 7.54. The van der Waals surface area contributed by atoms with Gasteiger partial charge in [-0.15, -0.1) is 0 Å². The maximum atomic E-state index is 12.1. The third-order valence-electron chi connectivity index (χ3n) is 3.32. The summed E-state index contributed by atoms with van der Waals surface area (Å²) in [5.74, 6) is 0.186. The van der Waals surface area contributed by atoms with Gasteiger partial charge in [-0.25, -0.2) is 15.0 Å². The number of hydrogen-bond acceptors (Lipinski definition) is 5. The maximum Gasteiger partial charge on any atom is 0.422 e. The molecule has 7 nitrogen and oxygen atoms in total. The molecule has 1 saturated heterocycles. The number of carbonyl (C=O) groups is 2. The first kappa shape index (κ1) is 19.5. The van der Waals surface area contributed by atoms with Gasteiger partial charge >= 0.3 is 12.2 Å². The molecule has 7 heteroatoms. The highest BCUT2D eigenvalue weighted by atomic mass is 16.6. The number of hydrogen-bond donors (Lipinski definition) is 2. The van der Waals surface area contributed by atoms with Gasteiger partial charge in [0.1, 0.15) is 11.2 Å². The van der Waals surface area contributed by atoms with Crippen LogP contribution in [0.4, 0.5) is 9.59 Å². The summed E-state index contributed by atoms with van der Waals surface area (Å²) in [6.45, 7) is 14.2. The van der Waals surface area contributed by atoms with E-state index in [4.69, 9.17) is 9.47 Å². The molecule has 0 bridgehead atoms. The van der Waals surface area contributed by atoms with E-state index in [0.717, 1.165) is 6.42 Å². The van der Waals surface area contributed by atoms with Crippen LogP contribution in [-0.4, -0.2) is 47.4 Å². The van der Waals surface area contributed by atoms with Crippen LogP contribution in [0.5, 0.6) is 0 Å². The van der Waals surface area contributed by atoms with Gasteiger partial charge in [-0.05, 0) is 53.9 Å². The summed E-state index contributed by atoms with van der Waals surface area (Å²) in [5, 5.41) is 0. The lowest BCUT2D eigenvalue weighted by molar-refractivity contribution is 0.0124. The van der Waals surface area contributed by atoms with E-state index in [1.807, 2.05) is 48.5 Å². The molecule has 1 heterocycles. The molecule has 2 amide bonds. The van der Waals surface area contributed by atoms with Crippen molar-refractivity contribution in [1.29, 1.82) is 0 Å². The molecule has 0 spiro atoms. The summed E-state index contributed by atoms with van der Waals surface area (Å²) < 4.78 is 10.6. The number of nitrogens with one attached hydrogen (secondary N) is 2. The number of rotatable bonds is 2. The predicted molar refractivity (Wildman–Crippen MR) is 87.9 cm³/mol. The lowest BCUT2D eigenvalue weighted by Crippen LogP contribution is -2.55. The summed E-state index contributed by atoms with van der Waals surface area (Å²) >= 11 is 0. The monoisotopic (exact) mass is 329 g/mol. The number of nitrogens with zero attached hydrogens (tertiary/aromatic N) is 1. The third-order valence-corrected chi connectivity index (χ3v) is 3.32. The van der Waals surface area contributed by atoms with E-state index in [9.17, 15) is 9.59 Å². The number of carbonyl (C=O) groups excluding carboxylic acids is 2. The number of ether oxygens (including phenoxy) is 2. The van der Waals surface area contributed by atoms with Gasteiger partial charge in [0.25, 0.3) is 0 Å². The number of hydrazine groups is 1. The molecule has 134 valence electrons. The van der Waals surface area contributed by atoms with E-state index in [0.29, 0.717) is 13.1 Å². The van der Waals surface area contributed by atoms with E-state index in [-0.39, 0.29) is 18.1 Å². The molecule has 23 heavy (non-hydrogen) atoms. The fourth-order valence-corrected chi connectivity index (χ4v) is 2.31. The van der Waals surface area contributed by atoms with Crippen molar-refractivity contribution in [2.45, 2.75) is 72.1 Å². The van der Waals surface area contributed by atoms with Crippen LogP contribution in [0.15, 0.2) is 0 Å². The van der Waals surface area contributed by atoms with Crippen LogP contribution in [0, 0.1) is 5.92 Å². The van der Waals surface area contributed by atoms with Crippen molar-refractivity contribution in [3.05, 3.63) is 0 Å². The van der Waals surface area contributed by atoms with Gasteiger partial charge in [0.05, 0.1) is 0 Å². The second kappa shape index (κ2) is 7.38. The average molecular weight is 329 g/mol. The number of likely N-dealkylation sites (tertiary alicyclic amines) is 1. The smallest absolute Gasteiger partial charge is 0.422 e. The first-order chi connectivity index (χ1) is 10.4. The Balaban J connectivity index is 2.41. The minimum atomic E-state index is -0.530. The topological polar surface area (TPSA) is 79.9 Å². The zero-order valence-electron chi connectivity index (χ0n) is 15.4. The Hall–Kier alpha value is -1.50. The zero-order valence-corrected chi connectivity index (χ0v) is 15.4. The second-order valence-electron chi connectivity index (χ2n) is 8.07. The Morgan fingerprint density at radius 3 is 2.09 bits per heavy atom. The minimum absolute atomic E-state index is 0.0844. The van der Waals surface area contributed by atoms with E-state index in [2.05, 4.69) is 10.9 Å². The highest BCUT2D eigenvalue weighted by Crippen LogP contribution is 2.19. The summed E-state index contributed by atoms with van der Waals surface area (Å²) in [4.78, 5) is 25.4. The standard InChI is InChI=1S/C16H31N3O4/c1-11-10-19(14(21)23-16(5,6)7)9-8-12(11)17-18-13(20)22-15(2,3)4/h11-12,17H,8-10H2,1-7H3,(H,18,20). The van der Waals surface area contributed by atoms with Crippen molar-refractivity contribution < 1.29 is 19.1 Å². The molecule has 0 aliphatic carbocycles. The largest absolute Gasteiger partial charge is 0.444 e. The van der Waals surface area contributed by atoms with E-state index >= 15 is 0 Å². The van der Waals surface area contributed by atoms with Gasteiger partial charge in [-0.2, -0.15) is 0 Å². The van der Waals surface area contributed by atoms with Crippen molar-refractivity contribution in [3.8, 4) is 0 Å². The summed E-state index contributed by atoms with van der Waals surface area (Å²) in [5.41, 5.74) is 4.55. The second-order valence-corrected chi connectivity index (χ2v) is 8.07. The summed E-state index contributed by atoms with van der Waals surface area (Å²) in [6, 6.07) is 0.0844. The Morgan fingerprint density at radius 1 is 1.04 bits per heavy atom. The lowest BCUT2D eigenvalue weighted by Gasteiger charge is -2.37. The molecule has 2 N–H and O–H groups in total. The molecule has 1 rings (SSSR count). The minimum Gasteiger partial charge on any atom is -0.444 e. The van der Waals surface area contributed by atoms with Gasteiger partial charge in [0, 0.05) is 19.1 Å². The molecule has 0 aromatic heterocycles. The molecule has 0 aromatic rings. The van der Waals surface area contributed by atoms with Crippen LogP contribution >= 0.6 is 0 Å². The average Bonchev–Trinajstić information content (AvgIpc) is 2.33. The van der Waals surface area contributed by atoms with Crippen LogP contribution in [-0.2, 0) is 9.47 Å². The number of piperidine rings is 1.